The third kappa shape index (κ3) is 4.15. The number of aromatic nitrogens is 2. The van der Waals surface area contributed by atoms with E-state index in [2.05, 4.69) is 15.3 Å². The maximum atomic E-state index is 14.1. The molecule has 1 fully saturated rings. The van der Waals surface area contributed by atoms with Crippen molar-refractivity contribution in [3.8, 4) is 0 Å². The molecule has 0 spiro atoms. The largest absolute Gasteiger partial charge is 0.450 e. The molecule has 1 N–H and O–H groups in total. The number of hydrogen-bond donors (Lipinski definition) is 1. The van der Waals surface area contributed by atoms with Gasteiger partial charge in [-0.2, -0.15) is 0 Å². The molecule has 27 heavy (non-hydrogen) atoms. The van der Waals surface area contributed by atoms with Gasteiger partial charge in [-0.05, 0) is 39.7 Å². The number of ether oxygens (including phenoxy) is 1. The molecule has 7 nitrogen and oxygen atoms in total. The van der Waals surface area contributed by atoms with E-state index < -0.39 is 11.9 Å². The lowest BCUT2D eigenvalue weighted by Crippen LogP contribution is -2.49. The highest BCUT2D eigenvalue weighted by atomic mass is 19.1. The van der Waals surface area contributed by atoms with Gasteiger partial charge in [-0.25, -0.2) is 19.2 Å². The summed E-state index contributed by atoms with van der Waals surface area (Å²) in [6.45, 7) is 6.50. The van der Waals surface area contributed by atoms with Gasteiger partial charge in [-0.3, -0.25) is 4.79 Å². The molecule has 144 valence electrons. The van der Waals surface area contributed by atoms with Crippen molar-refractivity contribution in [2.45, 2.75) is 39.7 Å². The summed E-state index contributed by atoms with van der Waals surface area (Å²) in [5.74, 6) is -0.839. The number of hydrogen-bond acceptors (Lipinski definition) is 5. The zero-order valence-electron chi connectivity index (χ0n) is 15.7. The molecule has 1 aliphatic heterocycles. The SMILES string of the molecule is CCOC(=O)NC1CCCN(C(=O)c2cc(F)cc3nc(C)c(C)nc23)C1. The zero-order chi connectivity index (χ0) is 19.6. The summed E-state index contributed by atoms with van der Waals surface area (Å²) >= 11 is 0. The Balaban J connectivity index is 1.87. The zero-order valence-corrected chi connectivity index (χ0v) is 15.7. The van der Waals surface area contributed by atoms with E-state index in [0.717, 1.165) is 12.8 Å². The van der Waals surface area contributed by atoms with Crippen LogP contribution in [0.5, 0.6) is 0 Å². The van der Waals surface area contributed by atoms with Crippen LogP contribution in [-0.4, -0.2) is 52.6 Å². The predicted molar refractivity (Wildman–Crippen MR) is 98.1 cm³/mol. The Morgan fingerprint density at radius 1 is 1.30 bits per heavy atom. The highest BCUT2D eigenvalue weighted by Gasteiger charge is 2.27. The molecular formula is C19H23FN4O3. The van der Waals surface area contributed by atoms with Crippen LogP contribution in [0.1, 0.15) is 41.5 Å². The van der Waals surface area contributed by atoms with Gasteiger partial charge < -0.3 is 15.0 Å². The van der Waals surface area contributed by atoms with Crippen molar-refractivity contribution >= 4 is 23.0 Å². The van der Waals surface area contributed by atoms with E-state index >= 15 is 0 Å². The van der Waals surface area contributed by atoms with E-state index in [-0.39, 0.29) is 24.1 Å². The number of carbonyl (C=O) groups excluding carboxylic acids is 2. The lowest BCUT2D eigenvalue weighted by atomic mass is 10.0. The Morgan fingerprint density at radius 3 is 2.78 bits per heavy atom. The van der Waals surface area contributed by atoms with Crippen molar-refractivity contribution in [3.05, 3.63) is 34.9 Å². The molecule has 0 aliphatic carbocycles. The first kappa shape index (κ1) is 19.0. The molecule has 1 aliphatic rings. The fourth-order valence-electron chi connectivity index (χ4n) is 3.25. The fourth-order valence-corrected chi connectivity index (χ4v) is 3.25. The van der Waals surface area contributed by atoms with Crippen LogP contribution in [0.3, 0.4) is 0 Å². The second kappa shape index (κ2) is 7.85. The molecule has 1 unspecified atom stereocenters. The van der Waals surface area contributed by atoms with Gasteiger partial charge >= 0.3 is 6.09 Å². The normalized spacial score (nSPS) is 17.0. The first-order valence-electron chi connectivity index (χ1n) is 9.06. The standard InChI is InChI=1S/C19H23FN4O3/c1-4-27-19(26)23-14-6-5-7-24(10-14)18(25)15-8-13(20)9-16-17(15)22-12(3)11(2)21-16/h8-9,14H,4-7,10H2,1-3H3,(H,23,26). The molecule has 1 atom stereocenters. The number of nitrogens with one attached hydrogen (secondary N) is 1. The number of alkyl carbamates (subject to hydrolysis) is 1. The van der Waals surface area contributed by atoms with Crippen LogP contribution in [0.4, 0.5) is 9.18 Å². The highest BCUT2D eigenvalue weighted by Crippen LogP contribution is 2.22. The van der Waals surface area contributed by atoms with Gasteiger partial charge in [0.1, 0.15) is 11.3 Å². The topological polar surface area (TPSA) is 84.4 Å². The van der Waals surface area contributed by atoms with Crippen LogP contribution in [0.15, 0.2) is 12.1 Å². The summed E-state index contributed by atoms with van der Waals surface area (Å²) in [5.41, 5.74) is 2.34. The highest BCUT2D eigenvalue weighted by molar-refractivity contribution is 6.04. The van der Waals surface area contributed by atoms with Crippen LogP contribution in [-0.2, 0) is 4.74 Å². The summed E-state index contributed by atoms with van der Waals surface area (Å²) in [5, 5.41) is 2.76. The van der Waals surface area contributed by atoms with E-state index in [9.17, 15) is 14.0 Å². The van der Waals surface area contributed by atoms with Crippen molar-refractivity contribution in [2.75, 3.05) is 19.7 Å². The van der Waals surface area contributed by atoms with Crippen LogP contribution in [0, 0.1) is 19.7 Å². The molecule has 2 aromatic rings. The quantitative estimate of drug-likeness (QED) is 0.893. The van der Waals surface area contributed by atoms with Crippen LogP contribution in [0.2, 0.25) is 0 Å². The number of carbonyl (C=O) groups is 2. The van der Waals surface area contributed by atoms with Gasteiger partial charge in [0, 0.05) is 25.2 Å². The average Bonchev–Trinajstić information content (AvgIpc) is 2.62. The van der Waals surface area contributed by atoms with E-state index in [4.69, 9.17) is 4.74 Å². The average molecular weight is 374 g/mol. The Hall–Kier alpha value is -2.77. The number of aryl methyl sites for hydroxylation is 2. The van der Waals surface area contributed by atoms with Crippen molar-refractivity contribution in [1.29, 1.82) is 0 Å². The van der Waals surface area contributed by atoms with Gasteiger partial charge in [0.2, 0.25) is 0 Å². The molecule has 8 heteroatoms. The molecular weight excluding hydrogens is 351 g/mol. The van der Waals surface area contributed by atoms with Gasteiger partial charge in [0.05, 0.1) is 29.1 Å². The number of benzene rings is 1. The lowest BCUT2D eigenvalue weighted by Gasteiger charge is -2.33. The van der Waals surface area contributed by atoms with Crippen molar-refractivity contribution in [1.82, 2.24) is 20.2 Å². The summed E-state index contributed by atoms with van der Waals surface area (Å²) in [4.78, 5) is 35.1. The van der Waals surface area contributed by atoms with Gasteiger partial charge in [0.15, 0.2) is 0 Å². The number of halogens is 1. The first-order chi connectivity index (χ1) is 12.9. The molecule has 1 saturated heterocycles. The Bertz CT molecular complexity index is 887. The van der Waals surface area contributed by atoms with Gasteiger partial charge in [0.25, 0.3) is 5.91 Å². The third-order valence-electron chi connectivity index (χ3n) is 4.68. The lowest BCUT2D eigenvalue weighted by molar-refractivity contribution is 0.0687. The maximum Gasteiger partial charge on any atom is 0.407 e. The maximum absolute atomic E-state index is 14.1. The molecule has 0 saturated carbocycles. The second-order valence-electron chi connectivity index (χ2n) is 6.67. The number of amides is 2. The minimum Gasteiger partial charge on any atom is -0.450 e. The number of fused-ring (bicyclic) bond motifs is 1. The minimum absolute atomic E-state index is 0.192. The van der Waals surface area contributed by atoms with Crippen LogP contribution < -0.4 is 5.32 Å². The molecule has 2 amide bonds. The Labute approximate surface area is 156 Å². The van der Waals surface area contributed by atoms with E-state index in [1.165, 1.54) is 12.1 Å². The van der Waals surface area contributed by atoms with E-state index in [0.29, 0.717) is 35.5 Å². The van der Waals surface area contributed by atoms with Gasteiger partial charge in [-0.15, -0.1) is 0 Å². The van der Waals surface area contributed by atoms with Crippen molar-refractivity contribution in [3.63, 3.8) is 0 Å². The number of rotatable bonds is 3. The minimum atomic E-state index is -0.526. The summed E-state index contributed by atoms with van der Waals surface area (Å²) in [7, 11) is 0. The molecule has 1 aromatic heterocycles. The Kier molecular flexibility index (Phi) is 5.53. The summed E-state index contributed by atoms with van der Waals surface area (Å²) in [6, 6.07) is 2.29. The van der Waals surface area contributed by atoms with Gasteiger partial charge in [-0.1, -0.05) is 0 Å². The summed E-state index contributed by atoms with van der Waals surface area (Å²) < 4.78 is 19.0. The number of likely N-dealkylation sites (tertiary alicyclic amines) is 1. The Morgan fingerprint density at radius 2 is 2.04 bits per heavy atom. The number of piperidine rings is 1. The monoisotopic (exact) mass is 374 g/mol. The molecule has 0 bridgehead atoms. The van der Waals surface area contributed by atoms with Crippen LogP contribution in [0.25, 0.3) is 11.0 Å². The molecule has 3 rings (SSSR count). The van der Waals surface area contributed by atoms with Crippen LogP contribution >= 0.6 is 0 Å². The van der Waals surface area contributed by atoms with E-state index in [1.54, 1.807) is 25.7 Å². The predicted octanol–water partition coefficient (Wildman–Crippen LogP) is 2.74. The third-order valence-corrected chi connectivity index (χ3v) is 4.68. The number of nitrogens with zero attached hydrogens (tertiary/aromatic N) is 3. The molecule has 0 radical (unpaired) electrons. The van der Waals surface area contributed by atoms with E-state index in [1.807, 2.05) is 0 Å². The first-order valence-corrected chi connectivity index (χ1v) is 9.06. The fraction of sp³-hybridized carbons (Fsp3) is 0.474. The van der Waals surface area contributed by atoms with Crippen molar-refractivity contribution in [2.24, 2.45) is 0 Å². The molecule has 1 aromatic carbocycles. The smallest absolute Gasteiger partial charge is 0.407 e. The second-order valence-corrected chi connectivity index (χ2v) is 6.67. The van der Waals surface area contributed by atoms with Crippen molar-refractivity contribution < 1.29 is 18.7 Å². The molecule has 2 heterocycles. The summed E-state index contributed by atoms with van der Waals surface area (Å²) in [6.07, 6.45) is 0.995.